The van der Waals surface area contributed by atoms with E-state index in [0.717, 1.165) is 12.8 Å². The van der Waals surface area contributed by atoms with E-state index in [-0.39, 0.29) is 22.7 Å². The number of amides is 1. The van der Waals surface area contributed by atoms with Gasteiger partial charge in [-0.1, -0.05) is 33.6 Å². The zero-order valence-corrected chi connectivity index (χ0v) is 11.4. The molecule has 0 aliphatic heterocycles. The van der Waals surface area contributed by atoms with Crippen LogP contribution in [0.4, 0.5) is 0 Å². The molecule has 0 radical (unpaired) electrons. The zero-order chi connectivity index (χ0) is 12.2. The van der Waals surface area contributed by atoms with Gasteiger partial charge < -0.3 is 11.1 Å². The van der Waals surface area contributed by atoms with E-state index >= 15 is 0 Å². The molecule has 1 rings (SSSR count). The Morgan fingerprint density at radius 3 is 2.56 bits per heavy atom. The van der Waals surface area contributed by atoms with Crippen molar-refractivity contribution in [1.82, 2.24) is 5.32 Å². The molecule has 2 unspecified atom stereocenters. The second kappa shape index (κ2) is 5.92. The van der Waals surface area contributed by atoms with Crippen LogP contribution in [0.1, 0.15) is 46.5 Å². The predicted molar refractivity (Wildman–Crippen MR) is 70.6 cm³/mol. The van der Waals surface area contributed by atoms with Gasteiger partial charge in [0.05, 0.1) is 5.75 Å². The minimum absolute atomic E-state index is 0.127. The highest BCUT2D eigenvalue weighted by Crippen LogP contribution is 2.23. The van der Waals surface area contributed by atoms with Gasteiger partial charge in [0.15, 0.2) is 0 Å². The molecule has 1 amide bonds. The van der Waals surface area contributed by atoms with Gasteiger partial charge in [-0.2, -0.15) is 0 Å². The fourth-order valence-corrected chi connectivity index (χ4v) is 2.52. The van der Waals surface area contributed by atoms with Crippen LogP contribution in [0.5, 0.6) is 0 Å². The Balaban J connectivity index is 2.28. The van der Waals surface area contributed by atoms with E-state index in [9.17, 15) is 4.79 Å². The number of nitrogens with one attached hydrogen (secondary N) is 1. The molecule has 0 aromatic carbocycles. The first-order valence-corrected chi connectivity index (χ1v) is 7.06. The first-order chi connectivity index (χ1) is 7.38. The molecule has 0 aromatic rings. The van der Waals surface area contributed by atoms with Crippen molar-refractivity contribution < 1.29 is 4.79 Å². The number of hydrogen-bond donors (Lipinski definition) is 2. The Kier molecular flexibility index (Phi) is 5.12. The summed E-state index contributed by atoms with van der Waals surface area (Å²) in [6, 6.07) is 0.346. The predicted octanol–water partition coefficient (Wildman–Crippen LogP) is 1.90. The Morgan fingerprint density at radius 2 is 2.00 bits per heavy atom. The van der Waals surface area contributed by atoms with Crippen molar-refractivity contribution in [2.24, 2.45) is 5.73 Å². The molecule has 0 bridgehead atoms. The Morgan fingerprint density at radius 1 is 1.38 bits per heavy atom. The van der Waals surface area contributed by atoms with Gasteiger partial charge in [-0.25, -0.2) is 0 Å². The number of hydrogen-bond acceptors (Lipinski definition) is 3. The highest BCUT2D eigenvalue weighted by molar-refractivity contribution is 8.01. The normalized spacial score (nSPS) is 26.5. The fraction of sp³-hybridized carbons (Fsp3) is 0.917. The molecule has 2 atom stereocenters. The minimum Gasteiger partial charge on any atom is -0.351 e. The Bertz CT molecular complexity index is 238. The summed E-state index contributed by atoms with van der Waals surface area (Å²) in [5.41, 5.74) is 5.99. The monoisotopic (exact) mass is 244 g/mol. The molecule has 16 heavy (non-hydrogen) atoms. The summed E-state index contributed by atoms with van der Waals surface area (Å²) in [6.07, 6.45) is 4.46. The summed E-state index contributed by atoms with van der Waals surface area (Å²) < 4.78 is 0.145. The van der Waals surface area contributed by atoms with Gasteiger partial charge >= 0.3 is 0 Å². The maximum Gasteiger partial charge on any atom is 0.230 e. The van der Waals surface area contributed by atoms with E-state index in [1.807, 2.05) is 0 Å². The third-order valence-electron chi connectivity index (χ3n) is 2.80. The van der Waals surface area contributed by atoms with Crippen molar-refractivity contribution in [1.29, 1.82) is 0 Å². The van der Waals surface area contributed by atoms with Crippen LogP contribution >= 0.6 is 11.8 Å². The van der Waals surface area contributed by atoms with Crippen LogP contribution in [0.3, 0.4) is 0 Å². The van der Waals surface area contributed by atoms with E-state index in [2.05, 4.69) is 26.1 Å². The van der Waals surface area contributed by atoms with Gasteiger partial charge in [0.1, 0.15) is 0 Å². The number of carbonyl (C=O) groups is 1. The summed E-state index contributed by atoms with van der Waals surface area (Å²) in [4.78, 5) is 11.7. The maximum absolute atomic E-state index is 11.7. The van der Waals surface area contributed by atoms with Crippen molar-refractivity contribution in [2.45, 2.75) is 63.3 Å². The number of nitrogens with two attached hydrogens (primary N) is 1. The molecule has 0 aromatic heterocycles. The highest BCUT2D eigenvalue weighted by atomic mass is 32.2. The lowest BCUT2D eigenvalue weighted by molar-refractivity contribution is -0.119. The largest absolute Gasteiger partial charge is 0.351 e. The van der Waals surface area contributed by atoms with E-state index in [4.69, 9.17) is 5.73 Å². The summed E-state index contributed by atoms with van der Waals surface area (Å²) in [6.45, 7) is 6.37. The van der Waals surface area contributed by atoms with Gasteiger partial charge in [0, 0.05) is 16.8 Å². The van der Waals surface area contributed by atoms with E-state index < -0.39 is 0 Å². The van der Waals surface area contributed by atoms with Crippen LogP contribution in [-0.4, -0.2) is 28.5 Å². The first-order valence-electron chi connectivity index (χ1n) is 6.07. The lowest BCUT2D eigenvalue weighted by Gasteiger charge is -2.29. The summed E-state index contributed by atoms with van der Waals surface area (Å²) in [7, 11) is 0. The standard InChI is InChI=1S/C12H24N2OS/c1-12(2,3)16-8-11(15)14-10-7-5-4-6-9(10)13/h9-10H,4-8,13H2,1-3H3,(H,14,15). The van der Waals surface area contributed by atoms with E-state index in [1.165, 1.54) is 12.8 Å². The molecule has 3 N–H and O–H groups in total. The molecule has 0 saturated heterocycles. The molecule has 1 aliphatic carbocycles. The van der Waals surface area contributed by atoms with Crippen LogP contribution in [0, 0.1) is 0 Å². The number of carbonyl (C=O) groups excluding carboxylic acids is 1. The van der Waals surface area contributed by atoms with E-state index in [0.29, 0.717) is 5.75 Å². The van der Waals surface area contributed by atoms with Crippen molar-refractivity contribution in [2.75, 3.05) is 5.75 Å². The summed E-state index contributed by atoms with van der Waals surface area (Å²) in [5, 5.41) is 3.06. The van der Waals surface area contributed by atoms with Crippen LogP contribution in [0.25, 0.3) is 0 Å². The third-order valence-corrected chi connectivity index (χ3v) is 4.07. The van der Waals surface area contributed by atoms with Crippen molar-refractivity contribution in [3.63, 3.8) is 0 Å². The first kappa shape index (κ1) is 13.8. The lowest BCUT2D eigenvalue weighted by atomic mass is 9.91. The molecular weight excluding hydrogens is 220 g/mol. The molecule has 0 spiro atoms. The molecule has 1 saturated carbocycles. The van der Waals surface area contributed by atoms with Crippen molar-refractivity contribution >= 4 is 17.7 Å². The van der Waals surface area contributed by atoms with Crippen LogP contribution < -0.4 is 11.1 Å². The van der Waals surface area contributed by atoms with Crippen LogP contribution in [-0.2, 0) is 4.79 Å². The molecule has 1 aliphatic rings. The average Bonchev–Trinajstić information content (AvgIpc) is 2.18. The van der Waals surface area contributed by atoms with Gasteiger partial charge in [-0.05, 0) is 12.8 Å². The average molecular weight is 244 g/mol. The van der Waals surface area contributed by atoms with Gasteiger partial charge in [0.25, 0.3) is 0 Å². The SMILES string of the molecule is CC(C)(C)SCC(=O)NC1CCCCC1N. The maximum atomic E-state index is 11.7. The third kappa shape index (κ3) is 5.21. The highest BCUT2D eigenvalue weighted by Gasteiger charge is 2.23. The molecule has 4 heteroatoms. The Labute approximate surface area is 103 Å². The molecule has 1 fully saturated rings. The van der Waals surface area contributed by atoms with Gasteiger partial charge in [-0.3, -0.25) is 4.79 Å². The summed E-state index contributed by atoms with van der Waals surface area (Å²) in [5.74, 6) is 0.662. The topological polar surface area (TPSA) is 55.1 Å². The van der Waals surface area contributed by atoms with Crippen LogP contribution in [0.15, 0.2) is 0 Å². The fourth-order valence-electron chi connectivity index (χ4n) is 1.87. The second-order valence-corrected chi connectivity index (χ2v) is 7.33. The van der Waals surface area contributed by atoms with Gasteiger partial charge in [-0.15, -0.1) is 11.8 Å². The second-order valence-electron chi connectivity index (χ2n) is 5.52. The molecule has 0 heterocycles. The summed E-state index contributed by atoms with van der Waals surface area (Å²) >= 11 is 1.68. The van der Waals surface area contributed by atoms with Crippen molar-refractivity contribution in [3.05, 3.63) is 0 Å². The van der Waals surface area contributed by atoms with Crippen molar-refractivity contribution in [3.8, 4) is 0 Å². The number of thioether (sulfide) groups is 1. The molecule has 94 valence electrons. The quantitative estimate of drug-likeness (QED) is 0.797. The molecule has 3 nitrogen and oxygen atoms in total. The van der Waals surface area contributed by atoms with Crippen LogP contribution in [0.2, 0.25) is 0 Å². The number of rotatable bonds is 3. The molecular formula is C12H24N2OS. The smallest absolute Gasteiger partial charge is 0.230 e. The zero-order valence-electron chi connectivity index (χ0n) is 10.6. The minimum atomic E-state index is 0.127. The lowest BCUT2D eigenvalue weighted by Crippen LogP contribution is -2.49. The van der Waals surface area contributed by atoms with Gasteiger partial charge in [0.2, 0.25) is 5.91 Å². The van der Waals surface area contributed by atoms with E-state index in [1.54, 1.807) is 11.8 Å². The Hall–Kier alpha value is -0.220.